The topological polar surface area (TPSA) is 29.3 Å². The molecule has 0 aliphatic carbocycles. The molecule has 15 heavy (non-hydrogen) atoms. The average Bonchev–Trinajstić information content (AvgIpc) is 2.59. The maximum atomic E-state index is 6.00. The lowest BCUT2D eigenvalue weighted by molar-refractivity contribution is 0.810. The normalized spacial score (nSPS) is 14.1. The van der Waals surface area contributed by atoms with Gasteiger partial charge in [-0.25, -0.2) is 0 Å². The molecule has 0 saturated carbocycles. The summed E-state index contributed by atoms with van der Waals surface area (Å²) >= 11 is 0. The molecule has 1 aliphatic heterocycles. The minimum Gasteiger partial charge on any atom is -0.397 e. The van der Waals surface area contributed by atoms with Crippen molar-refractivity contribution in [2.75, 3.05) is 23.7 Å². The third-order valence-electron chi connectivity index (χ3n) is 2.93. The minimum absolute atomic E-state index is 0.909. The summed E-state index contributed by atoms with van der Waals surface area (Å²) in [5, 5.41) is 0. The number of nitrogens with two attached hydrogens (primary N) is 1. The molecule has 1 aliphatic rings. The van der Waals surface area contributed by atoms with Crippen molar-refractivity contribution >= 4 is 11.4 Å². The van der Waals surface area contributed by atoms with E-state index in [2.05, 4.69) is 24.5 Å². The fourth-order valence-electron chi connectivity index (χ4n) is 2.12. The summed E-state index contributed by atoms with van der Waals surface area (Å²) in [6.45, 7) is 8.14. The van der Waals surface area contributed by atoms with Crippen molar-refractivity contribution in [3.63, 3.8) is 0 Å². The van der Waals surface area contributed by atoms with E-state index < -0.39 is 0 Å². The highest BCUT2D eigenvalue weighted by atomic mass is 15.2. The number of hydrogen-bond acceptors (Lipinski definition) is 2. The zero-order chi connectivity index (χ0) is 10.8. The lowest BCUT2D eigenvalue weighted by atomic mass is 10.1. The molecule has 0 amide bonds. The van der Waals surface area contributed by atoms with Crippen molar-refractivity contribution in [2.45, 2.75) is 19.8 Å². The molecule has 2 heteroatoms. The van der Waals surface area contributed by atoms with E-state index in [4.69, 9.17) is 5.73 Å². The van der Waals surface area contributed by atoms with Crippen LogP contribution in [-0.4, -0.2) is 13.1 Å². The molecule has 0 radical (unpaired) electrons. The third kappa shape index (κ3) is 1.99. The Morgan fingerprint density at radius 3 is 3.07 bits per heavy atom. The second-order valence-corrected chi connectivity index (χ2v) is 4.30. The second kappa shape index (κ2) is 3.97. The molecule has 2 N–H and O–H groups in total. The summed E-state index contributed by atoms with van der Waals surface area (Å²) in [6, 6.07) is 6.20. The van der Waals surface area contributed by atoms with Gasteiger partial charge in [0.2, 0.25) is 0 Å². The highest BCUT2D eigenvalue weighted by Gasteiger charge is 2.20. The van der Waals surface area contributed by atoms with Crippen LogP contribution in [0.4, 0.5) is 11.4 Å². The number of para-hydroxylation sites is 1. The van der Waals surface area contributed by atoms with Gasteiger partial charge < -0.3 is 10.6 Å². The standard InChI is InChI=1S/C13H18N2/c1-10(2)6-8-15-9-7-11-4-3-5-12(14)13(11)15/h3-5H,1,6-9,14H2,2H3. The zero-order valence-electron chi connectivity index (χ0n) is 9.29. The van der Waals surface area contributed by atoms with Crippen molar-refractivity contribution in [1.29, 1.82) is 0 Å². The molecule has 0 bridgehead atoms. The van der Waals surface area contributed by atoms with Gasteiger partial charge in [0.15, 0.2) is 0 Å². The molecule has 2 nitrogen and oxygen atoms in total. The van der Waals surface area contributed by atoms with Crippen LogP contribution < -0.4 is 10.6 Å². The van der Waals surface area contributed by atoms with Gasteiger partial charge in [0.25, 0.3) is 0 Å². The lowest BCUT2D eigenvalue weighted by Crippen LogP contribution is -2.22. The van der Waals surface area contributed by atoms with Crippen LogP contribution in [0.15, 0.2) is 30.4 Å². The number of benzene rings is 1. The zero-order valence-corrected chi connectivity index (χ0v) is 9.29. The van der Waals surface area contributed by atoms with E-state index in [9.17, 15) is 0 Å². The number of nitrogen functional groups attached to an aromatic ring is 1. The lowest BCUT2D eigenvalue weighted by Gasteiger charge is -2.20. The van der Waals surface area contributed by atoms with Crippen LogP contribution in [0.3, 0.4) is 0 Å². The second-order valence-electron chi connectivity index (χ2n) is 4.30. The Bertz CT molecular complexity index is 382. The number of anilines is 2. The first kappa shape index (κ1) is 10.1. The summed E-state index contributed by atoms with van der Waals surface area (Å²) in [6.07, 6.45) is 2.17. The maximum absolute atomic E-state index is 6.00. The van der Waals surface area contributed by atoms with E-state index in [-0.39, 0.29) is 0 Å². The van der Waals surface area contributed by atoms with E-state index >= 15 is 0 Å². The van der Waals surface area contributed by atoms with Crippen LogP contribution in [0.5, 0.6) is 0 Å². The Balaban J connectivity index is 2.17. The number of fused-ring (bicyclic) bond motifs is 1. The Morgan fingerprint density at radius 1 is 1.53 bits per heavy atom. The highest BCUT2D eigenvalue weighted by molar-refractivity contribution is 5.74. The smallest absolute Gasteiger partial charge is 0.0633 e. The predicted molar refractivity (Wildman–Crippen MR) is 66.2 cm³/mol. The van der Waals surface area contributed by atoms with Gasteiger partial charge in [-0.2, -0.15) is 0 Å². The van der Waals surface area contributed by atoms with Crippen molar-refractivity contribution in [3.05, 3.63) is 35.9 Å². The summed E-state index contributed by atoms with van der Waals surface area (Å²) in [5.74, 6) is 0. The van der Waals surface area contributed by atoms with Gasteiger partial charge in [0.1, 0.15) is 0 Å². The quantitative estimate of drug-likeness (QED) is 0.603. The summed E-state index contributed by atoms with van der Waals surface area (Å²) in [4.78, 5) is 2.37. The fourth-order valence-corrected chi connectivity index (χ4v) is 2.12. The first-order valence-electron chi connectivity index (χ1n) is 5.45. The van der Waals surface area contributed by atoms with Crippen LogP contribution >= 0.6 is 0 Å². The predicted octanol–water partition coefficient (Wildman–Crippen LogP) is 2.60. The molecule has 2 rings (SSSR count). The summed E-state index contributed by atoms with van der Waals surface area (Å²) in [7, 11) is 0. The Hall–Kier alpha value is -1.44. The highest BCUT2D eigenvalue weighted by Crippen LogP contribution is 2.33. The molecule has 1 aromatic rings. The summed E-state index contributed by atoms with van der Waals surface area (Å²) < 4.78 is 0. The largest absolute Gasteiger partial charge is 0.397 e. The number of hydrogen-bond donors (Lipinski definition) is 1. The fraction of sp³-hybridized carbons (Fsp3) is 0.385. The van der Waals surface area contributed by atoms with E-state index in [1.165, 1.54) is 16.8 Å². The van der Waals surface area contributed by atoms with Crippen LogP contribution in [0, 0.1) is 0 Å². The molecule has 80 valence electrons. The molecule has 0 atom stereocenters. The van der Waals surface area contributed by atoms with Crippen LogP contribution in [0.25, 0.3) is 0 Å². The molecule has 1 heterocycles. The number of nitrogens with zero attached hydrogens (tertiary/aromatic N) is 1. The van der Waals surface area contributed by atoms with Crippen LogP contribution in [-0.2, 0) is 6.42 Å². The molecule has 1 aromatic carbocycles. The van der Waals surface area contributed by atoms with E-state index in [1.807, 2.05) is 12.1 Å². The van der Waals surface area contributed by atoms with Gasteiger partial charge >= 0.3 is 0 Å². The van der Waals surface area contributed by atoms with Gasteiger partial charge in [0, 0.05) is 13.1 Å². The molecule has 0 unspecified atom stereocenters. The Morgan fingerprint density at radius 2 is 2.33 bits per heavy atom. The molecule has 0 aromatic heterocycles. The van der Waals surface area contributed by atoms with Crippen molar-refractivity contribution in [1.82, 2.24) is 0 Å². The summed E-state index contributed by atoms with van der Waals surface area (Å²) in [5.41, 5.74) is 10.8. The van der Waals surface area contributed by atoms with Crippen molar-refractivity contribution < 1.29 is 0 Å². The van der Waals surface area contributed by atoms with Gasteiger partial charge in [-0.05, 0) is 31.4 Å². The third-order valence-corrected chi connectivity index (χ3v) is 2.93. The van der Waals surface area contributed by atoms with Gasteiger partial charge in [-0.1, -0.05) is 17.7 Å². The molecular weight excluding hydrogens is 184 g/mol. The number of rotatable bonds is 3. The van der Waals surface area contributed by atoms with Crippen molar-refractivity contribution in [2.24, 2.45) is 0 Å². The van der Waals surface area contributed by atoms with Gasteiger partial charge in [-0.3, -0.25) is 0 Å². The van der Waals surface area contributed by atoms with E-state index in [0.717, 1.165) is 31.6 Å². The van der Waals surface area contributed by atoms with Crippen LogP contribution in [0.2, 0.25) is 0 Å². The van der Waals surface area contributed by atoms with E-state index in [0.29, 0.717) is 0 Å². The molecule has 0 spiro atoms. The van der Waals surface area contributed by atoms with Gasteiger partial charge in [0.05, 0.1) is 11.4 Å². The monoisotopic (exact) mass is 202 g/mol. The maximum Gasteiger partial charge on any atom is 0.0633 e. The van der Waals surface area contributed by atoms with E-state index in [1.54, 1.807) is 0 Å². The molecule has 0 saturated heterocycles. The van der Waals surface area contributed by atoms with Crippen molar-refractivity contribution in [3.8, 4) is 0 Å². The van der Waals surface area contributed by atoms with Gasteiger partial charge in [-0.15, -0.1) is 6.58 Å². The SMILES string of the molecule is C=C(C)CCN1CCc2cccc(N)c21. The Labute approximate surface area is 91.4 Å². The average molecular weight is 202 g/mol. The Kier molecular flexibility index (Phi) is 2.67. The first-order valence-corrected chi connectivity index (χ1v) is 5.45. The minimum atomic E-state index is 0.909. The molecule has 0 fully saturated rings. The first-order chi connectivity index (χ1) is 7.18. The molecular formula is C13H18N2. The van der Waals surface area contributed by atoms with Crippen LogP contribution in [0.1, 0.15) is 18.9 Å².